The molecule has 0 saturated heterocycles. The first-order valence-electron chi connectivity index (χ1n) is 4.28. The number of methoxy groups -OCH3 is 1. The highest BCUT2D eigenvalue weighted by molar-refractivity contribution is 6.58. The molecule has 0 aliphatic rings. The van der Waals surface area contributed by atoms with E-state index in [4.69, 9.17) is 10.0 Å². The molecule has 6 heteroatoms. The molecule has 1 aromatic rings. The second-order valence-electron chi connectivity index (χ2n) is 2.97. The van der Waals surface area contributed by atoms with E-state index in [0.29, 0.717) is 5.56 Å². The zero-order valence-electron chi connectivity index (χ0n) is 8.12. The van der Waals surface area contributed by atoms with E-state index in [1.165, 1.54) is 31.4 Å². The Kier molecular flexibility index (Phi) is 3.84. The van der Waals surface area contributed by atoms with Crippen molar-refractivity contribution in [3.05, 3.63) is 29.8 Å². The molecule has 0 bridgehead atoms. The SMILES string of the molecule is COC(=O)C(O)c1ccc(B(O)O)cc1. The molecule has 5 nitrogen and oxygen atoms in total. The van der Waals surface area contributed by atoms with Crippen molar-refractivity contribution in [3.63, 3.8) is 0 Å². The van der Waals surface area contributed by atoms with Crippen LogP contribution in [0, 0.1) is 0 Å². The van der Waals surface area contributed by atoms with Crippen LogP contribution in [-0.4, -0.2) is 35.4 Å². The topological polar surface area (TPSA) is 87.0 Å². The monoisotopic (exact) mass is 210 g/mol. The molecule has 0 aliphatic heterocycles. The number of hydrogen-bond donors (Lipinski definition) is 3. The van der Waals surface area contributed by atoms with Gasteiger partial charge in [0.1, 0.15) is 0 Å². The number of rotatable bonds is 3. The van der Waals surface area contributed by atoms with Crippen molar-refractivity contribution in [1.29, 1.82) is 0 Å². The number of esters is 1. The van der Waals surface area contributed by atoms with Gasteiger partial charge >= 0.3 is 13.1 Å². The molecule has 0 fully saturated rings. The molecule has 1 unspecified atom stereocenters. The molecule has 1 aromatic carbocycles. The summed E-state index contributed by atoms with van der Waals surface area (Å²) in [6.45, 7) is 0. The largest absolute Gasteiger partial charge is 0.488 e. The van der Waals surface area contributed by atoms with Crippen LogP contribution in [0.1, 0.15) is 11.7 Å². The first kappa shape index (κ1) is 11.7. The predicted octanol–water partition coefficient (Wildman–Crippen LogP) is -1.43. The Hall–Kier alpha value is -1.37. The lowest BCUT2D eigenvalue weighted by Gasteiger charge is -2.08. The zero-order valence-corrected chi connectivity index (χ0v) is 8.12. The summed E-state index contributed by atoms with van der Waals surface area (Å²) in [5.41, 5.74) is 0.627. The fourth-order valence-corrected chi connectivity index (χ4v) is 1.10. The molecule has 0 spiro atoms. The number of aliphatic hydroxyl groups excluding tert-OH is 1. The third-order valence-corrected chi connectivity index (χ3v) is 1.97. The molecule has 80 valence electrons. The van der Waals surface area contributed by atoms with Crippen LogP contribution in [-0.2, 0) is 9.53 Å². The van der Waals surface area contributed by atoms with E-state index in [0.717, 1.165) is 0 Å². The van der Waals surface area contributed by atoms with Crippen LogP contribution in [0.4, 0.5) is 0 Å². The minimum atomic E-state index is -1.56. The smallest absolute Gasteiger partial charge is 0.467 e. The van der Waals surface area contributed by atoms with Crippen LogP contribution in [0.3, 0.4) is 0 Å². The lowest BCUT2D eigenvalue weighted by atomic mass is 9.80. The van der Waals surface area contributed by atoms with Crippen molar-refractivity contribution < 1.29 is 24.7 Å². The fourth-order valence-electron chi connectivity index (χ4n) is 1.10. The molecule has 0 aromatic heterocycles. The summed E-state index contributed by atoms with van der Waals surface area (Å²) in [6.07, 6.45) is -1.35. The number of carbonyl (C=O) groups excluding carboxylic acids is 1. The van der Waals surface area contributed by atoms with Crippen molar-refractivity contribution in [3.8, 4) is 0 Å². The maximum absolute atomic E-state index is 11.0. The summed E-state index contributed by atoms with van der Waals surface area (Å²) in [7, 11) is -0.383. The number of aliphatic hydroxyl groups is 1. The standard InChI is InChI=1S/C9H11BO5/c1-15-9(12)8(11)6-2-4-7(5-3-6)10(13)14/h2-5,8,11,13-14H,1H3. The van der Waals surface area contributed by atoms with Gasteiger partial charge in [-0.05, 0) is 11.0 Å². The molecular weight excluding hydrogens is 199 g/mol. The van der Waals surface area contributed by atoms with Crippen LogP contribution in [0.15, 0.2) is 24.3 Å². The first-order chi connectivity index (χ1) is 7.06. The van der Waals surface area contributed by atoms with Gasteiger partial charge in [0.15, 0.2) is 6.10 Å². The number of hydrogen-bond acceptors (Lipinski definition) is 5. The maximum atomic E-state index is 11.0. The van der Waals surface area contributed by atoms with E-state index in [1.54, 1.807) is 0 Å². The van der Waals surface area contributed by atoms with Gasteiger partial charge < -0.3 is 19.9 Å². The van der Waals surface area contributed by atoms with Gasteiger partial charge in [-0.25, -0.2) is 4.79 Å². The van der Waals surface area contributed by atoms with E-state index >= 15 is 0 Å². The zero-order chi connectivity index (χ0) is 11.4. The Morgan fingerprint density at radius 2 is 1.87 bits per heavy atom. The summed E-state index contributed by atoms with van der Waals surface area (Å²) in [5.74, 6) is -0.757. The second-order valence-corrected chi connectivity index (χ2v) is 2.97. The summed E-state index contributed by atoms with van der Waals surface area (Å²) in [4.78, 5) is 11.0. The van der Waals surface area contributed by atoms with Crippen LogP contribution in [0.25, 0.3) is 0 Å². The third kappa shape index (κ3) is 2.79. The molecule has 0 saturated carbocycles. The summed E-state index contributed by atoms with van der Waals surface area (Å²) >= 11 is 0. The van der Waals surface area contributed by atoms with Crippen LogP contribution in [0.5, 0.6) is 0 Å². The van der Waals surface area contributed by atoms with Gasteiger partial charge in [0.2, 0.25) is 0 Å². The van der Waals surface area contributed by atoms with E-state index < -0.39 is 19.2 Å². The molecule has 0 aliphatic carbocycles. The molecule has 15 heavy (non-hydrogen) atoms. The summed E-state index contributed by atoms with van der Waals surface area (Å²) in [6, 6.07) is 5.67. The highest BCUT2D eigenvalue weighted by Crippen LogP contribution is 2.12. The van der Waals surface area contributed by atoms with E-state index in [2.05, 4.69) is 4.74 Å². The quantitative estimate of drug-likeness (QED) is 0.420. The van der Waals surface area contributed by atoms with Crippen LogP contribution < -0.4 is 5.46 Å². The molecule has 1 rings (SSSR count). The van der Waals surface area contributed by atoms with Crippen LogP contribution >= 0.6 is 0 Å². The van der Waals surface area contributed by atoms with Gasteiger partial charge in [-0.3, -0.25) is 0 Å². The fraction of sp³-hybridized carbons (Fsp3) is 0.222. The molecule has 0 amide bonds. The molecule has 1 atom stereocenters. The highest BCUT2D eigenvalue weighted by Gasteiger charge is 2.18. The van der Waals surface area contributed by atoms with Gasteiger partial charge in [-0.15, -0.1) is 0 Å². The van der Waals surface area contributed by atoms with Crippen molar-refractivity contribution in [2.24, 2.45) is 0 Å². The average Bonchev–Trinajstić information content (AvgIpc) is 2.27. The Labute approximate surface area is 87.1 Å². The minimum Gasteiger partial charge on any atom is -0.467 e. The molecular formula is C9H11BO5. The minimum absolute atomic E-state index is 0.288. The Morgan fingerprint density at radius 1 is 1.33 bits per heavy atom. The Morgan fingerprint density at radius 3 is 2.27 bits per heavy atom. The third-order valence-electron chi connectivity index (χ3n) is 1.97. The highest BCUT2D eigenvalue weighted by atomic mass is 16.5. The van der Waals surface area contributed by atoms with Crippen molar-refractivity contribution in [2.75, 3.05) is 7.11 Å². The Bertz CT molecular complexity index is 335. The van der Waals surface area contributed by atoms with Gasteiger partial charge in [0.25, 0.3) is 0 Å². The number of ether oxygens (including phenoxy) is 1. The van der Waals surface area contributed by atoms with Crippen molar-refractivity contribution in [1.82, 2.24) is 0 Å². The normalized spacial score (nSPS) is 12.0. The van der Waals surface area contributed by atoms with Gasteiger partial charge in [-0.1, -0.05) is 24.3 Å². The van der Waals surface area contributed by atoms with E-state index in [9.17, 15) is 9.90 Å². The summed E-state index contributed by atoms with van der Waals surface area (Å²) in [5, 5.41) is 27.0. The first-order valence-corrected chi connectivity index (χ1v) is 4.28. The van der Waals surface area contributed by atoms with E-state index in [-0.39, 0.29) is 5.46 Å². The van der Waals surface area contributed by atoms with Crippen LogP contribution in [0.2, 0.25) is 0 Å². The average molecular weight is 210 g/mol. The number of benzene rings is 1. The van der Waals surface area contributed by atoms with Gasteiger partial charge in [0.05, 0.1) is 7.11 Å². The summed E-state index contributed by atoms with van der Waals surface area (Å²) < 4.78 is 4.36. The molecule has 3 N–H and O–H groups in total. The second kappa shape index (κ2) is 4.93. The lowest BCUT2D eigenvalue weighted by molar-refractivity contribution is -0.150. The number of carbonyl (C=O) groups is 1. The van der Waals surface area contributed by atoms with Gasteiger partial charge in [0, 0.05) is 0 Å². The lowest BCUT2D eigenvalue weighted by Crippen LogP contribution is -2.29. The van der Waals surface area contributed by atoms with Crippen molar-refractivity contribution >= 4 is 18.6 Å². The predicted molar refractivity (Wildman–Crippen MR) is 53.2 cm³/mol. The molecule has 0 heterocycles. The Balaban J connectivity index is 2.84. The molecule has 0 radical (unpaired) electrons. The maximum Gasteiger partial charge on any atom is 0.488 e. The van der Waals surface area contributed by atoms with Gasteiger partial charge in [-0.2, -0.15) is 0 Å². The van der Waals surface area contributed by atoms with Crippen molar-refractivity contribution in [2.45, 2.75) is 6.10 Å². The van der Waals surface area contributed by atoms with E-state index in [1.807, 2.05) is 0 Å².